The molecule has 26 heavy (non-hydrogen) atoms. The second-order valence-corrected chi connectivity index (χ2v) is 7.93. The van der Waals surface area contributed by atoms with Crippen LogP contribution in [0.1, 0.15) is 29.3 Å². The third-order valence-corrected chi connectivity index (χ3v) is 6.21. The third kappa shape index (κ3) is 3.93. The quantitative estimate of drug-likeness (QED) is 0.648. The standard InChI is InChI=1S/C22H26N2OS/c1-25-20-9-8-18-13-17(6-7-19(18)14-20)15-23-16-21(22-5-4-12-26-22)24-10-2-3-11-24/h4-9,12-14,21,23H,2-3,10-11,15-16H2,1H3/t21-/m1/s1. The minimum atomic E-state index is 0.502. The summed E-state index contributed by atoms with van der Waals surface area (Å²) in [5.41, 5.74) is 1.33. The zero-order valence-electron chi connectivity index (χ0n) is 15.3. The Morgan fingerprint density at radius 2 is 1.88 bits per heavy atom. The molecular weight excluding hydrogens is 340 g/mol. The van der Waals surface area contributed by atoms with Gasteiger partial charge in [-0.15, -0.1) is 11.3 Å². The van der Waals surface area contributed by atoms with Gasteiger partial charge in [0, 0.05) is 18.0 Å². The highest BCUT2D eigenvalue weighted by molar-refractivity contribution is 7.10. The summed E-state index contributed by atoms with van der Waals surface area (Å²) in [7, 11) is 1.71. The number of nitrogens with one attached hydrogen (secondary N) is 1. The summed E-state index contributed by atoms with van der Waals surface area (Å²) < 4.78 is 5.31. The van der Waals surface area contributed by atoms with Crippen LogP contribution >= 0.6 is 11.3 Å². The highest BCUT2D eigenvalue weighted by atomic mass is 32.1. The number of hydrogen-bond donors (Lipinski definition) is 1. The molecule has 1 atom stereocenters. The van der Waals surface area contributed by atoms with Crippen molar-refractivity contribution in [2.24, 2.45) is 0 Å². The van der Waals surface area contributed by atoms with E-state index in [4.69, 9.17) is 4.74 Å². The zero-order chi connectivity index (χ0) is 17.8. The van der Waals surface area contributed by atoms with Gasteiger partial charge in [-0.2, -0.15) is 0 Å². The second-order valence-electron chi connectivity index (χ2n) is 6.95. The van der Waals surface area contributed by atoms with Gasteiger partial charge in [0.25, 0.3) is 0 Å². The number of fused-ring (bicyclic) bond motifs is 1. The van der Waals surface area contributed by atoms with E-state index in [2.05, 4.69) is 58.1 Å². The maximum Gasteiger partial charge on any atom is 0.119 e. The molecule has 1 fully saturated rings. The normalized spacial score (nSPS) is 16.2. The van der Waals surface area contributed by atoms with Crippen molar-refractivity contribution in [3.8, 4) is 5.75 Å². The first-order valence-electron chi connectivity index (χ1n) is 9.38. The molecule has 0 unspecified atom stereocenters. The van der Waals surface area contributed by atoms with Crippen LogP contribution < -0.4 is 10.1 Å². The summed E-state index contributed by atoms with van der Waals surface area (Å²) in [5.74, 6) is 0.910. The van der Waals surface area contributed by atoms with Gasteiger partial charge in [-0.05, 0) is 71.9 Å². The Morgan fingerprint density at radius 3 is 2.65 bits per heavy atom. The molecule has 1 saturated heterocycles. The van der Waals surface area contributed by atoms with Crippen LogP contribution in [0.2, 0.25) is 0 Å². The van der Waals surface area contributed by atoms with Crippen LogP contribution in [0.5, 0.6) is 5.75 Å². The van der Waals surface area contributed by atoms with E-state index in [0.717, 1.165) is 18.8 Å². The molecule has 2 heterocycles. The number of ether oxygens (including phenoxy) is 1. The monoisotopic (exact) mass is 366 g/mol. The summed E-state index contributed by atoms with van der Waals surface area (Å²) in [6, 6.07) is 17.9. The molecule has 0 saturated carbocycles. The van der Waals surface area contributed by atoms with Crippen LogP contribution in [-0.2, 0) is 6.54 Å². The molecule has 136 valence electrons. The summed E-state index contributed by atoms with van der Waals surface area (Å²) in [6.45, 7) is 4.35. The molecule has 0 amide bonds. The predicted octanol–water partition coefficient (Wildman–Crippen LogP) is 4.84. The highest BCUT2D eigenvalue weighted by Gasteiger charge is 2.23. The van der Waals surface area contributed by atoms with Gasteiger partial charge in [-0.3, -0.25) is 4.90 Å². The molecule has 4 rings (SSSR count). The van der Waals surface area contributed by atoms with E-state index in [1.165, 1.54) is 47.1 Å². The van der Waals surface area contributed by atoms with Crippen LogP contribution in [-0.4, -0.2) is 31.6 Å². The lowest BCUT2D eigenvalue weighted by Crippen LogP contribution is -2.33. The first-order chi connectivity index (χ1) is 12.8. The molecule has 1 aromatic heterocycles. The summed E-state index contributed by atoms with van der Waals surface area (Å²) in [6.07, 6.45) is 2.66. The van der Waals surface area contributed by atoms with Gasteiger partial charge >= 0.3 is 0 Å². The fourth-order valence-corrected chi connectivity index (χ4v) is 4.67. The molecule has 0 aliphatic carbocycles. The third-order valence-electron chi connectivity index (χ3n) is 5.23. The Kier molecular flexibility index (Phi) is 5.54. The van der Waals surface area contributed by atoms with Gasteiger partial charge in [0.15, 0.2) is 0 Å². The number of thiophene rings is 1. The summed E-state index contributed by atoms with van der Waals surface area (Å²) >= 11 is 1.88. The van der Waals surface area contributed by atoms with Gasteiger partial charge < -0.3 is 10.1 Å². The van der Waals surface area contributed by atoms with Crippen molar-refractivity contribution in [2.45, 2.75) is 25.4 Å². The largest absolute Gasteiger partial charge is 0.497 e. The Balaban J connectivity index is 1.41. The molecule has 1 aliphatic heterocycles. The molecule has 1 N–H and O–H groups in total. The van der Waals surface area contributed by atoms with E-state index in [9.17, 15) is 0 Å². The number of likely N-dealkylation sites (tertiary alicyclic amines) is 1. The fourth-order valence-electron chi connectivity index (χ4n) is 3.81. The van der Waals surface area contributed by atoms with E-state index in [-0.39, 0.29) is 0 Å². The molecule has 4 heteroatoms. The zero-order valence-corrected chi connectivity index (χ0v) is 16.1. The van der Waals surface area contributed by atoms with E-state index in [0.29, 0.717) is 6.04 Å². The maximum absolute atomic E-state index is 5.31. The lowest BCUT2D eigenvalue weighted by molar-refractivity contribution is 0.242. The van der Waals surface area contributed by atoms with E-state index in [1.54, 1.807) is 7.11 Å². The van der Waals surface area contributed by atoms with Gasteiger partial charge in [-0.1, -0.05) is 24.3 Å². The molecule has 0 radical (unpaired) electrons. The highest BCUT2D eigenvalue weighted by Crippen LogP contribution is 2.28. The molecule has 3 nitrogen and oxygen atoms in total. The van der Waals surface area contributed by atoms with Crippen molar-refractivity contribution in [3.63, 3.8) is 0 Å². The first-order valence-corrected chi connectivity index (χ1v) is 10.3. The fraction of sp³-hybridized carbons (Fsp3) is 0.364. The van der Waals surface area contributed by atoms with Crippen molar-refractivity contribution in [2.75, 3.05) is 26.7 Å². The molecule has 1 aliphatic rings. The second kappa shape index (κ2) is 8.21. The molecule has 3 aromatic rings. The number of rotatable bonds is 7. The average Bonchev–Trinajstić information content (AvgIpc) is 3.39. The van der Waals surface area contributed by atoms with Gasteiger partial charge in [0.05, 0.1) is 13.2 Å². The van der Waals surface area contributed by atoms with Crippen LogP contribution in [0.15, 0.2) is 53.9 Å². The topological polar surface area (TPSA) is 24.5 Å². The molecule has 0 spiro atoms. The molecule has 0 bridgehead atoms. The Morgan fingerprint density at radius 1 is 1.08 bits per heavy atom. The van der Waals surface area contributed by atoms with Gasteiger partial charge in [0.1, 0.15) is 5.75 Å². The predicted molar refractivity (Wildman–Crippen MR) is 110 cm³/mol. The van der Waals surface area contributed by atoms with Gasteiger partial charge in [0.2, 0.25) is 0 Å². The summed E-state index contributed by atoms with van der Waals surface area (Å²) in [5, 5.41) is 8.37. The van der Waals surface area contributed by atoms with Crippen molar-refractivity contribution < 1.29 is 4.74 Å². The first kappa shape index (κ1) is 17.5. The van der Waals surface area contributed by atoms with Crippen LogP contribution in [0.25, 0.3) is 10.8 Å². The Bertz CT molecular complexity index is 840. The van der Waals surface area contributed by atoms with Crippen LogP contribution in [0.4, 0.5) is 0 Å². The Hall–Kier alpha value is -1.88. The lowest BCUT2D eigenvalue weighted by atomic mass is 10.1. The van der Waals surface area contributed by atoms with Crippen molar-refractivity contribution in [1.82, 2.24) is 10.2 Å². The molecular formula is C22H26N2OS. The smallest absolute Gasteiger partial charge is 0.119 e. The van der Waals surface area contributed by atoms with Crippen LogP contribution in [0, 0.1) is 0 Å². The average molecular weight is 367 g/mol. The Labute approximate surface area is 159 Å². The van der Waals surface area contributed by atoms with Crippen molar-refractivity contribution >= 4 is 22.1 Å². The lowest BCUT2D eigenvalue weighted by Gasteiger charge is -2.27. The minimum Gasteiger partial charge on any atom is -0.497 e. The van der Waals surface area contributed by atoms with E-state index < -0.39 is 0 Å². The van der Waals surface area contributed by atoms with Crippen molar-refractivity contribution in [1.29, 1.82) is 0 Å². The van der Waals surface area contributed by atoms with E-state index in [1.807, 2.05) is 17.4 Å². The van der Waals surface area contributed by atoms with Gasteiger partial charge in [-0.25, -0.2) is 0 Å². The number of methoxy groups -OCH3 is 1. The SMILES string of the molecule is COc1ccc2cc(CNC[C@H](c3cccs3)N3CCCC3)ccc2c1. The van der Waals surface area contributed by atoms with Crippen LogP contribution in [0.3, 0.4) is 0 Å². The van der Waals surface area contributed by atoms with Crippen molar-refractivity contribution in [3.05, 3.63) is 64.4 Å². The summed E-state index contributed by atoms with van der Waals surface area (Å²) in [4.78, 5) is 4.11. The maximum atomic E-state index is 5.31. The number of benzene rings is 2. The number of nitrogens with zero attached hydrogens (tertiary/aromatic N) is 1. The minimum absolute atomic E-state index is 0.502. The molecule has 2 aromatic carbocycles. The van der Waals surface area contributed by atoms with E-state index >= 15 is 0 Å². The number of hydrogen-bond acceptors (Lipinski definition) is 4.